The molecule has 2 aliphatic heterocycles. The molecule has 2 atom stereocenters. The summed E-state index contributed by atoms with van der Waals surface area (Å²) in [5.41, 5.74) is 1.10. The van der Waals surface area contributed by atoms with Crippen molar-refractivity contribution in [1.29, 1.82) is 0 Å². The van der Waals surface area contributed by atoms with Gasteiger partial charge in [-0.1, -0.05) is 6.42 Å². The number of ether oxygens (including phenoxy) is 1. The molecule has 0 bridgehead atoms. The summed E-state index contributed by atoms with van der Waals surface area (Å²) in [6.45, 7) is 2.52. The fourth-order valence-corrected chi connectivity index (χ4v) is 3.22. The average Bonchev–Trinajstić information content (AvgIpc) is 2.83. The van der Waals surface area contributed by atoms with E-state index in [4.69, 9.17) is 4.74 Å². The largest absolute Gasteiger partial charge is 0.481 e. The first-order valence-electron chi connectivity index (χ1n) is 6.87. The van der Waals surface area contributed by atoms with Gasteiger partial charge in [0.25, 0.3) is 0 Å². The summed E-state index contributed by atoms with van der Waals surface area (Å²) in [7, 11) is 1.65. The van der Waals surface area contributed by atoms with Gasteiger partial charge in [0.05, 0.1) is 19.0 Å². The highest BCUT2D eigenvalue weighted by Crippen LogP contribution is 2.29. The normalized spacial score (nSPS) is 27.8. The van der Waals surface area contributed by atoms with Crippen LogP contribution < -0.4 is 10.1 Å². The van der Waals surface area contributed by atoms with Gasteiger partial charge in [0.2, 0.25) is 5.88 Å². The van der Waals surface area contributed by atoms with Crippen LogP contribution in [0.25, 0.3) is 0 Å². The Labute approximate surface area is 108 Å². The van der Waals surface area contributed by atoms with Gasteiger partial charge in [-0.3, -0.25) is 4.90 Å². The van der Waals surface area contributed by atoms with Crippen molar-refractivity contribution < 1.29 is 4.74 Å². The Morgan fingerprint density at radius 3 is 3.00 bits per heavy atom. The number of hydrogen-bond donors (Lipinski definition) is 1. The van der Waals surface area contributed by atoms with Crippen LogP contribution in [0.3, 0.4) is 0 Å². The lowest BCUT2D eigenvalue weighted by atomic mass is 9.99. The van der Waals surface area contributed by atoms with Crippen molar-refractivity contribution in [3.8, 4) is 5.88 Å². The summed E-state index contributed by atoms with van der Waals surface area (Å²) in [5, 5.41) is 3.63. The van der Waals surface area contributed by atoms with E-state index in [1.54, 1.807) is 7.11 Å². The quantitative estimate of drug-likeness (QED) is 0.888. The number of anilines is 1. The van der Waals surface area contributed by atoms with Gasteiger partial charge in [0.1, 0.15) is 0 Å². The predicted octanol–water partition coefficient (Wildman–Crippen LogP) is 2.13. The number of rotatable bonds is 3. The van der Waals surface area contributed by atoms with Gasteiger partial charge in [-0.15, -0.1) is 0 Å². The third kappa shape index (κ3) is 2.29. The highest BCUT2D eigenvalue weighted by molar-refractivity contribution is 5.43. The lowest BCUT2D eigenvalue weighted by Crippen LogP contribution is -2.41. The zero-order valence-corrected chi connectivity index (χ0v) is 10.9. The van der Waals surface area contributed by atoms with Crippen LogP contribution >= 0.6 is 0 Å². The minimum Gasteiger partial charge on any atom is -0.481 e. The third-order valence-electron chi connectivity index (χ3n) is 4.15. The van der Waals surface area contributed by atoms with Crippen molar-refractivity contribution in [2.24, 2.45) is 0 Å². The Morgan fingerprint density at radius 2 is 2.22 bits per heavy atom. The Morgan fingerprint density at radius 1 is 1.28 bits per heavy atom. The molecule has 1 aromatic heterocycles. The fourth-order valence-electron chi connectivity index (χ4n) is 3.22. The predicted molar refractivity (Wildman–Crippen MR) is 72.0 cm³/mol. The molecule has 18 heavy (non-hydrogen) atoms. The van der Waals surface area contributed by atoms with Crippen LogP contribution in [-0.2, 0) is 0 Å². The highest BCUT2D eigenvalue weighted by Gasteiger charge is 2.35. The maximum Gasteiger partial charge on any atom is 0.213 e. The summed E-state index contributed by atoms with van der Waals surface area (Å²) in [6, 6.07) is 5.27. The van der Waals surface area contributed by atoms with Crippen molar-refractivity contribution in [3.05, 3.63) is 18.3 Å². The van der Waals surface area contributed by atoms with E-state index in [2.05, 4.69) is 21.3 Å². The van der Waals surface area contributed by atoms with E-state index in [-0.39, 0.29) is 0 Å². The van der Waals surface area contributed by atoms with Gasteiger partial charge in [-0.05, 0) is 31.9 Å². The minimum absolute atomic E-state index is 0.584. The van der Waals surface area contributed by atoms with Crippen molar-refractivity contribution in [2.75, 3.05) is 25.5 Å². The van der Waals surface area contributed by atoms with Crippen molar-refractivity contribution in [2.45, 2.75) is 37.8 Å². The maximum atomic E-state index is 5.08. The molecule has 0 aromatic carbocycles. The van der Waals surface area contributed by atoms with Gasteiger partial charge >= 0.3 is 0 Å². The van der Waals surface area contributed by atoms with Gasteiger partial charge in [0, 0.05) is 24.7 Å². The third-order valence-corrected chi connectivity index (χ3v) is 4.15. The van der Waals surface area contributed by atoms with Crippen molar-refractivity contribution >= 4 is 5.69 Å². The second kappa shape index (κ2) is 5.14. The van der Waals surface area contributed by atoms with Crippen LogP contribution in [0.5, 0.6) is 5.88 Å². The van der Waals surface area contributed by atoms with Gasteiger partial charge in [0.15, 0.2) is 0 Å². The summed E-state index contributed by atoms with van der Waals surface area (Å²) < 4.78 is 5.08. The Kier molecular flexibility index (Phi) is 3.37. The van der Waals surface area contributed by atoms with Crippen LogP contribution in [0.1, 0.15) is 25.7 Å². The molecule has 0 saturated carbocycles. The molecule has 2 saturated heterocycles. The SMILES string of the molecule is COc1ccc(NC2CCN3CCCCC23)cn1. The molecular formula is C14H21N3O. The molecule has 1 aromatic rings. The molecule has 0 radical (unpaired) electrons. The van der Waals surface area contributed by atoms with E-state index in [1.165, 1.54) is 38.8 Å². The Balaban J connectivity index is 1.65. The van der Waals surface area contributed by atoms with E-state index in [0.717, 1.165) is 11.7 Å². The monoisotopic (exact) mass is 247 g/mol. The Bertz CT molecular complexity index is 393. The van der Waals surface area contributed by atoms with Crippen LogP contribution in [0.2, 0.25) is 0 Å². The topological polar surface area (TPSA) is 37.4 Å². The smallest absolute Gasteiger partial charge is 0.213 e. The van der Waals surface area contributed by atoms with E-state index in [1.807, 2.05) is 12.3 Å². The zero-order chi connectivity index (χ0) is 12.4. The van der Waals surface area contributed by atoms with E-state index in [0.29, 0.717) is 11.9 Å². The molecule has 2 unspecified atom stereocenters. The molecule has 4 nitrogen and oxygen atoms in total. The number of methoxy groups -OCH3 is 1. The zero-order valence-electron chi connectivity index (χ0n) is 10.9. The number of aromatic nitrogens is 1. The first kappa shape index (κ1) is 11.8. The number of hydrogen-bond acceptors (Lipinski definition) is 4. The number of nitrogens with zero attached hydrogens (tertiary/aromatic N) is 2. The van der Waals surface area contributed by atoms with Crippen LogP contribution in [-0.4, -0.2) is 42.2 Å². The van der Waals surface area contributed by atoms with Crippen LogP contribution in [0, 0.1) is 0 Å². The number of pyridine rings is 1. The van der Waals surface area contributed by atoms with Gasteiger partial charge in [-0.25, -0.2) is 4.98 Å². The highest BCUT2D eigenvalue weighted by atomic mass is 16.5. The van der Waals surface area contributed by atoms with Crippen LogP contribution in [0.4, 0.5) is 5.69 Å². The molecule has 0 amide bonds. The molecule has 2 fully saturated rings. The van der Waals surface area contributed by atoms with Crippen molar-refractivity contribution in [3.63, 3.8) is 0 Å². The lowest BCUT2D eigenvalue weighted by molar-refractivity contribution is 0.193. The standard InChI is InChI=1S/C14H21N3O/c1-18-14-6-5-11(10-15-14)16-12-7-9-17-8-3-2-4-13(12)17/h5-6,10,12-13,16H,2-4,7-9H2,1H3. The summed E-state index contributed by atoms with van der Waals surface area (Å²) in [6.07, 6.45) is 7.19. The minimum atomic E-state index is 0.584. The molecule has 4 heteroatoms. The van der Waals surface area contributed by atoms with Crippen molar-refractivity contribution in [1.82, 2.24) is 9.88 Å². The fraction of sp³-hybridized carbons (Fsp3) is 0.643. The molecular weight excluding hydrogens is 226 g/mol. The summed E-state index contributed by atoms with van der Waals surface area (Å²) in [5.74, 6) is 0.672. The van der Waals surface area contributed by atoms with Crippen LogP contribution in [0.15, 0.2) is 18.3 Å². The second-order valence-corrected chi connectivity index (χ2v) is 5.23. The Hall–Kier alpha value is -1.29. The van der Waals surface area contributed by atoms with Gasteiger partial charge < -0.3 is 10.1 Å². The number of piperidine rings is 1. The molecule has 3 heterocycles. The van der Waals surface area contributed by atoms with E-state index >= 15 is 0 Å². The van der Waals surface area contributed by atoms with Gasteiger partial charge in [-0.2, -0.15) is 0 Å². The molecule has 3 rings (SSSR count). The molecule has 1 N–H and O–H groups in total. The first-order valence-corrected chi connectivity index (χ1v) is 6.87. The maximum absolute atomic E-state index is 5.08. The molecule has 0 aliphatic carbocycles. The second-order valence-electron chi connectivity index (χ2n) is 5.23. The summed E-state index contributed by atoms with van der Waals surface area (Å²) in [4.78, 5) is 6.88. The summed E-state index contributed by atoms with van der Waals surface area (Å²) >= 11 is 0. The van der Waals surface area contributed by atoms with E-state index in [9.17, 15) is 0 Å². The first-order chi connectivity index (χ1) is 8.86. The molecule has 2 aliphatic rings. The molecule has 0 spiro atoms. The number of nitrogens with one attached hydrogen (secondary N) is 1. The van der Waals surface area contributed by atoms with E-state index < -0.39 is 0 Å². The lowest BCUT2D eigenvalue weighted by Gasteiger charge is -2.32. The molecule has 98 valence electrons. The average molecular weight is 247 g/mol. The number of fused-ring (bicyclic) bond motifs is 1.